The molecule has 1 aromatic carbocycles. The Morgan fingerprint density at radius 3 is 2.33 bits per heavy atom. The van der Waals surface area contributed by atoms with Gasteiger partial charge < -0.3 is 10.9 Å². The van der Waals surface area contributed by atoms with Gasteiger partial charge in [0.15, 0.2) is 5.84 Å². The fourth-order valence-corrected chi connectivity index (χ4v) is 3.79. The SMILES string of the molecule is CC(C(N)=NO)N1CCN(S(=O)(=O)c2ccccc2)CC1. The molecule has 1 aliphatic heterocycles. The van der Waals surface area contributed by atoms with Crippen LogP contribution < -0.4 is 5.73 Å². The predicted octanol–water partition coefficient (Wildman–Crippen LogP) is 0.128. The van der Waals surface area contributed by atoms with Crippen LogP contribution in [0.1, 0.15) is 6.92 Å². The molecule has 0 amide bonds. The smallest absolute Gasteiger partial charge is 0.243 e. The van der Waals surface area contributed by atoms with Crippen molar-refractivity contribution in [3.05, 3.63) is 30.3 Å². The van der Waals surface area contributed by atoms with Crippen molar-refractivity contribution < 1.29 is 13.6 Å². The van der Waals surface area contributed by atoms with E-state index in [9.17, 15) is 8.42 Å². The van der Waals surface area contributed by atoms with E-state index in [4.69, 9.17) is 10.9 Å². The van der Waals surface area contributed by atoms with Gasteiger partial charge in [-0.2, -0.15) is 4.31 Å². The van der Waals surface area contributed by atoms with Crippen molar-refractivity contribution in [2.75, 3.05) is 26.2 Å². The summed E-state index contributed by atoms with van der Waals surface area (Å²) in [5, 5.41) is 11.7. The maximum absolute atomic E-state index is 12.5. The lowest BCUT2D eigenvalue weighted by molar-refractivity contribution is 0.171. The number of hydrogen-bond donors (Lipinski definition) is 2. The van der Waals surface area contributed by atoms with Gasteiger partial charge in [0.25, 0.3) is 0 Å². The molecule has 0 radical (unpaired) electrons. The molecular weight excluding hydrogens is 292 g/mol. The second kappa shape index (κ2) is 6.42. The average molecular weight is 312 g/mol. The molecule has 0 bridgehead atoms. The first-order chi connectivity index (χ1) is 9.96. The number of hydrogen-bond acceptors (Lipinski definition) is 5. The van der Waals surface area contributed by atoms with Crippen molar-refractivity contribution in [2.24, 2.45) is 10.9 Å². The number of oxime groups is 1. The number of nitrogens with zero attached hydrogens (tertiary/aromatic N) is 3. The summed E-state index contributed by atoms with van der Waals surface area (Å²) >= 11 is 0. The molecule has 7 nitrogen and oxygen atoms in total. The van der Waals surface area contributed by atoms with Crippen LogP contribution in [0.3, 0.4) is 0 Å². The van der Waals surface area contributed by atoms with Gasteiger partial charge in [0, 0.05) is 26.2 Å². The van der Waals surface area contributed by atoms with Gasteiger partial charge in [0.1, 0.15) is 0 Å². The quantitative estimate of drug-likeness (QED) is 0.356. The van der Waals surface area contributed by atoms with Gasteiger partial charge in [-0.3, -0.25) is 4.90 Å². The standard InChI is InChI=1S/C13H20N4O3S/c1-11(13(14)15-18)16-7-9-17(10-8-16)21(19,20)12-5-3-2-4-6-12/h2-6,11,18H,7-10H2,1H3,(H2,14,15). The predicted molar refractivity (Wildman–Crippen MR) is 79.6 cm³/mol. The Kier molecular flexibility index (Phi) is 4.81. The van der Waals surface area contributed by atoms with Gasteiger partial charge in [0.2, 0.25) is 10.0 Å². The summed E-state index contributed by atoms with van der Waals surface area (Å²) in [6.45, 7) is 3.70. The van der Waals surface area contributed by atoms with Crippen LogP contribution in [0.25, 0.3) is 0 Å². The molecule has 1 saturated heterocycles. The van der Waals surface area contributed by atoms with E-state index in [1.54, 1.807) is 30.3 Å². The maximum atomic E-state index is 12.5. The summed E-state index contributed by atoms with van der Waals surface area (Å²) in [6.07, 6.45) is 0. The molecule has 1 atom stereocenters. The number of amidine groups is 1. The fraction of sp³-hybridized carbons (Fsp3) is 0.462. The first-order valence-corrected chi connectivity index (χ1v) is 8.17. The van der Waals surface area contributed by atoms with Gasteiger partial charge >= 0.3 is 0 Å². The molecule has 21 heavy (non-hydrogen) atoms. The molecule has 3 N–H and O–H groups in total. The lowest BCUT2D eigenvalue weighted by Gasteiger charge is -2.36. The second-order valence-electron chi connectivity index (χ2n) is 4.95. The van der Waals surface area contributed by atoms with Crippen LogP contribution in [-0.4, -0.2) is 60.9 Å². The Bertz CT molecular complexity index is 595. The summed E-state index contributed by atoms with van der Waals surface area (Å²) in [6, 6.07) is 8.20. The van der Waals surface area contributed by atoms with E-state index in [1.807, 2.05) is 11.8 Å². The number of piperazine rings is 1. The van der Waals surface area contributed by atoms with E-state index < -0.39 is 10.0 Å². The molecule has 116 valence electrons. The Hall–Kier alpha value is -1.64. The normalized spacial score (nSPS) is 20.3. The highest BCUT2D eigenvalue weighted by atomic mass is 32.2. The van der Waals surface area contributed by atoms with E-state index in [0.717, 1.165) is 0 Å². The maximum Gasteiger partial charge on any atom is 0.243 e. The highest BCUT2D eigenvalue weighted by Gasteiger charge is 2.30. The molecule has 0 aliphatic carbocycles. The van der Waals surface area contributed by atoms with Gasteiger partial charge in [-0.25, -0.2) is 8.42 Å². The summed E-state index contributed by atoms with van der Waals surface area (Å²) < 4.78 is 26.4. The molecule has 0 saturated carbocycles. The molecule has 1 aliphatic rings. The molecule has 8 heteroatoms. The Labute approximate surface area is 124 Å². The van der Waals surface area contributed by atoms with E-state index >= 15 is 0 Å². The Morgan fingerprint density at radius 2 is 1.81 bits per heavy atom. The minimum atomic E-state index is -3.44. The lowest BCUT2D eigenvalue weighted by atomic mass is 10.2. The van der Waals surface area contributed by atoms with Crippen LogP contribution >= 0.6 is 0 Å². The van der Waals surface area contributed by atoms with Gasteiger partial charge in [-0.15, -0.1) is 0 Å². The third-order valence-electron chi connectivity index (χ3n) is 3.75. The molecule has 1 aromatic rings. The number of sulfonamides is 1. The largest absolute Gasteiger partial charge is 0.409 e. The molecule has 0 aromatic heterocycles. The van der Waals surface area contributed by atoms with Crippen molar-refractivity contribution in [3.8, 4) is 0 Å². The molecule has 2 rings (SSSR count). The lowest BCUT2D eigenvalue weighted by Crippen LogP contribution is -2.54. The Morgan fingerprint density at radius 1 is 1.24 bits per heavy atom. The minimum Gasteiger partial charge on any atom is -0.409 e. The van der Waals surface area contributed by atoms with Crippen LogP contribution in [0.2, 0.25) is 0 Å². The van der Waals surface area contributed by atoms with Crippen LogP contribution in [0.15, 0.2) is 40.4 Å². The van der Waals surface area contributed by atoms with Gasteiger partial charge in [-0.05, 0) is 19.1 Å². The van der Waals surface area contributed by atoms with Crippen LogP contribution in [0, 0.1) is 0 Å². The van der Waals surface area contributed by atoms with Crippen LogP contribution in [0.5, 0.6) is 0 Å². The number of benzene rings is 1. The zero-order chi connectivity index (χ0) is 15.5. The van der Waals surface area contributed by atoms with Crippen molar-refractivity contribution in [3.63, 3.8) is 0 Å². The monoisotopic (exact) mass is 312 g/mol. The zero-order valence-electron chi connectivity index (χ0n) is 11.9. The first-order valence-electron chi connectivity index (χ1n) is 6.73. The first kappa shape index (κ1) is 15.7. The topological polar surface area (TPSA) is 99.2 Å². The number of rotatable bonds is 4. The fourth-order valence-electron chi connectivity index (χ4n) is 2.34. The third kappa shape index (κ3) is 3.34. The van der Waals surface area contributed by atoms with Crippen LogP contribution in [0.4, 0.5) is 0 Å². The van der Waals surface area contributed by atoms with E-state index in [2.05, 4.69) is 5.16 Å². The van der Waals surface area contributed by atoms with Crippen molar-refractivity contribution in [1.82, 2.24) is 9.21 Å². The summed E-state index contributed by atoms with van der Waals surface area (Å²) in [4.78, 5) is 2.30. The summed E-state index contributed by atoms with van der Waals surface area (Å²) in [5.41, 5.74) is 5.59. The van der Waals surface area contributed by atoms with E-state index in [1.165, 1.54) is 4.31 Å². The van der Waals surface area contributed by atoms with E-state index in [0.29, 0.717) is 31.1 Å². The molecule has 0 spiro atoms. The molecule has 1 fully saturated rings. The van der Waals surface area contributed by atoms with Crippen molar-refractivity contribution >= 4 is 15.9 Å². The molecule has 1 unspecified atom stereocenters. The zero-order valence-corrected chi connectivity index (χ0v) is 12.7. The molecule has 1 heterocycles. The second-order valence-corrected chi connectivity index (χ2v) is 6.89. The Balaban J connectivity index is 2.05. The van der Waals surface area contributed by atoms with Gasteiger partial charge in [0.05, 0.1) is 10.9 Å². The van der Waals surface area contributed by atoms with Gasteiger partial charge in [-0.1, -0.05) is 23.4 Å². The van der Waals surface area contributed by atoms with E-state index in [-0.39, 0.29) is 11.9 Å². The summed E-state index contributed by atoms with van der Waals surface area (Å²) in [7, 11) is -3.44. The van der Waals surface area contributed by atoms with Crippen molar-refractivity contribution in [2.45, 2.75) is 17.9 Å². The summed E-state index contributed by atoms with van der Waals surface area (Å²) in [5.74, 6) is 0.134. The highest BCUT2D eigenvalue weighted by Crippen LogP contribution is 2.17. The van der Waals surface area contributed by atoms with Crippen molar-refractivity contribution in [1.29, 1.82) is 0 Å². The molecular formula is C13H20N4O3S. The highest BCUT2D eigenvalue weighted by molar-refractivity contribution is 7.89. The van der Waals surface area contributed by atoms with Crippen LogP contribution in [-0.2, 0) is 10.0 Å². The minimum absolute atomic E-state index is 0.134. The third-order valence-corrected chi connectivity index (χ3v) is 5.66. The number of nitrogens with two attached hydrogens (primary N) is 1. The average Bonchev–Trinajstić information content (AvgIpc) is 2.54.